The molecule has 3 nitrogen and oxygen atoms in total. The number of fused-ring (bicyclic) bond motifs is 1. The number of aromatic nitrogens is 2. The monoisotopic (exact) mass is 392 g/mol. The first kappa shape index (κ1) is 21.4. The summed E-state index contributed by atoms with van der Waals surface area (Å²) in [6.07, 6.45) is 7.80. The summed E-state index contributed by atoms with van der Waals surface area (Å²) in [5, 5.41) is 1.17. The van der Waals surface area contributed by atoms with E-state index < -0.39 is 0 Å². The van der Waals surface area contributed by atoms with E-state index in [0.717, 1.165) is 49.4 Å². The molecule has 0 saturated heterocycles. The molecule has 0 fully saturated rings. The topological polar surface area (TPSA) is 27.1 Å². The molecule has 0 atom stereocenters. The van der Waals surface area contributed by atoms with Crippen molar-refractivity contribution in [3.8, 4) is 11.6 Å². The van der Waals surface area contributed by atoms with Gasteiger partial charge in [0.1, 0.15) is 5.75 Å². The number of hydrogen-bond acceptors (Lipinski definition) is 2. The fourth-order valence-electron chi connectivity index (χ4n) is 4.49. The highest BCUT2D eigenvalue weighted by molar-refractivity contribution is 5.89. The molecule has 0 saturated carbocycles. The third-order valence-electron chi connectivity index (χ3n) is 5.96. The van der Waals surface area contributed by atoms with E-state index in [1.54, 1.807) is 0 Å². The third kappa shape index (κ3) is 4.19. The van der Waals surface area contributed by atoms with Gasteiger partial charge in [0.25, 0.3) is 0 Å². The number of benzene rings is 1. The van der Waals surface area contributed by atoms with Crippen molar-refractivity contribution >= 4 is 10.9 Å². The van der Waals surface area contributed by atoms with Gasteiger partial charge in [-0.1, -0.05) is 46.2 Å². The highest BCUT2D eigenvalue weighted by atomic mass is 16.5. The Balaban J connectivity index is 2.16. The molecule has 0 radical (unpaired) electrons. The van der Waals surface area contributed by atoms with Crippen LogP contribution in [-0.2, 0) is 12.8 Å². The summed E-state index contributed by atoms with van der Waals surface area (Å²) in [5.74, 6) is 1.69. The normalized spacial score (nSPS) is 11.6. The summed E-state index contributed by atoms with van der Waals surface area (Å²) in [4.78, 5) is 4.83. The zero-order valence-corrected chi connectivity index (χ0v) is 19.2. The highest BCUT2D eigenvalue weighted by Gasteiger charge is 2.20. The molecule has 0 spiro atoms. The molecule has 3 rings (SSSR count). The van der Waals surface area contributed by atoms with Crippen LogP contribution in [0, 0.1) is 20.8 Å². The van der Waals surface area contributed by atoms with Crippen LogP contribution in [0.3, 0.4) is 0 Å². The van der Waals surface area contributed by atoms with E-state index in [1.165, 1.54) is 33.2 Å². The molecular weight excluding hydrogens is 356 g/mol. The molecule has 0 N–H and O–H groups in total. The average Bonchev–Trinajstić information content (AvgIpc) is 3.04. The van der Waals surface area contributed by atoms with Gasteiger partial charge in [-0.3, -0.25) is 0 Å². The Hall–Kier alpha value is -2.29. The van der Waals surface area contributed by atoms with Gasteiger partial charge in [0.2, 0.25) is 5.88 Å². The van der Waals surface area contributed by atoms with Crippen molar-refractivity contribution in [2.24, 2.45) is 0 Å². The largest absolute Gasteiger partial charge is 0.438 e. The lowest BCUT2D eigenvalue weighted by atomic mass is 10.0. The molecule has 0 aliphatic rings. The molecule has 2 aromatic heterocycles. The Morgan fingerprint density at radius 1 is 0.966 bits per heavy atom. The number of aryl methyl sites for hydroxylation is 5. The zero-order valence-electron chi connectivity index (χ0n) is 19.2. The quantitative estimate of drug-likeness (QED) is 0.394. The molecule has 3 heteroatoms. The van der Waals surface area contributed by atoms with Crippen LogP contribution < -0.4 is 4.74 Å². The first-order valence-electron chi connectivity index (χ1n) is 11.2. The third-order valence-corrected chi connectivity index (χ3v) is 5.96. The fourth-order valence-corrected chi connectivity index (χ4v) is 4.49. The predicted molar refractivity (Wildman–Crippen MR) is 123 cm³/mol. The molecule has 0 unspecified atom stereocenters. The van der Waals surface area contributed by atoms with Gasteiger partial charge in [-0.15, -0.1) is 0 Å². The summed E-state index contributed by atoms with van der Waals surface area (Å²) in [7, 11) is 0. The van der Waals surface area contributed by atoms with E-state index in [-0.39, 0.29) is 0 Å². The second-order valence-electron chi connectivity index (χ2n) is 8.26. The van der Waals surface area contributed by atoms with E-state index in [1.807, 2.05) is 0 Å². The summed E-state index contributed by atoms with van der Waals surface area (Å²) in [6, 6.07) is 7.23. The number of ether oxygens (including phenoxy) is 1. The van der Waals surface area contributed by atoms with Gasteiger partial charge >= 0.3 is 0 Å². The van der Waals surface area contributed by atoms with Crippen molar-refractivity contribution in [1.29, 1.82) is 0 Å². The first-order valence-corrected chi connectivity index (χ1v) is 11.2. The molecule has 29 heavy (non-hydrogen) atoms. The van der Waals surface area contributed by atoms with E-state index in [2.05, 4.69) is 77.4 Å². The molecule has 0 amide bonds. The zero-order chi connectivity index (χ0) is 21.1. The minimum absolute atomic E-state index is 0.504. The van der Waals surface area contributed by atoms with Crippen molar-refractivity contribution in [2.75, 3.05) is 0 Å². The standard InChI is InChI=1S/C26H36N2O/c1-8-12-20-13-17(5)25(18(6)14-20)29-26-24-21(9-2)16-28(22(10-3)11-4)23(24)15-19(7)27-26/h13-16,22H,8-12H2,1-7H3. The summed E-state index contributed by atoms with van der Waals surface area (Å²) in [5.41, 5.74) is 7.30. The van der Waals surface area contributed by atoms with Gasteiger partial charge in [0.05, 0.1) is 10.9 Å². The molecule has 3 aromatic rings. The van der Waals surface area contributed by atoms with Crippen LogP contribution in [-0.4, -0.2) is 9.55 Å². The number of rotatable bonds is 8. The average molecular weight is 393 g/mol. The van der Waals surface area contributed by atoms with Crippen LogP contribution in [0.1, 0.15) is 80.9 Å². The first-order chi connectivity index (χ1) is 13.9. The Morgan fingerprint density at radius 2 is 1.62 bits per heavy atom. The Bertz CT molecular complexity index is 973. The van der Waals surface area contributed by atoms with Crippen molar-refractivity contribution in [2.45, 2.75) is 86.6 Å². The molecule has 2 heterocycles. The van der Waals surface area contributed by atoms with Crippen molar-refractivity contribution in [3.63, 3.8) is 0 Å². The highest BCUT2D eigenvalue weighted by Crippen LogP contribution is 2.38. The Morgan fingerprint density at radius 3 is 2.17 bits per heavy atom. The predicted octanol–water partition coefficient (Wildman–Crippen LogP) is 7.63. The van der Waals surface area contributed by atoms with Crippen LogP contribution in [0.4, 0.5) is 0 Å². The Kier molecular flexibility index (Phi) is 6.66. The van der Waals surface area contributed by atoms with E-state index >= 15 is 0 Å². The number of nitrogens with zero attached hydrogens (tertiary/aromatic N) is 2. The van der Waals surface area contributed by atoms with E-state index in [0.29, 0.717) is 6.04 Å². The maximum atomic E-state index is 6.55. The van der Waals surface area contributed by atoms with E-state index in [9.17, 15) is 0 Å². The van der Waals surface area contributed by atoms with Crippen LogP contribution >= 0.6 is 0 Å². The summed E-state index contributed by atoms with van der Waals surface area (Å²) < 4.78 is 8.99. The molecular formula is C26H36N2O. The lowest BCUT2D eigenvalue weighted by molar-refractivity contribution is 0.459. The van der Waals surface area contributed by atoms with Crippen LogP contribution in [0.2, 0.25) is 0 Å². The van der Waals surface area contributed by atoms with Gasteiger partial charge < -0.3 is 9.30 Å². The molecule has 0 bridgehead atoms. The maximum absolute atomic E-state index is 6.55. The van der Waals surface area contributed by atoms with Crippen molar-refractivity contribution < 1.29 is 4.74 Å². The summed E-state index contributed by atoms with van der Waals surface area (Å²) >= 11 is 0. The van der Waals surface area contributed by atoms with Crippen molar-refractivity contribution in [1.82, 2.24) is 9.55 Å². The van der Waals surface area contributed by atoms with E-state index in [4.69, 9.17) is 9.72 Å². The van der Waals surface area contributed by atoms with Crippen molar-refractivity contribution in [3.05, 3.63) is 52.3 Å². The minimum Gasteiger partial charge on any atom is -0.438 e. The van der Waals surface area contributed by atoms with Gasteiger partial charge in [-0.25, -0.2) is 4.98 Å². The van der Waals surface area contributed by atoms with Gasteiger partial charge in [-0.2, -0.15) is 0 Å². The fraction of sp³-hybridized carbons (Fsp3) is 0.500. The lowest BCUT2D eigenvalue weighted by Gasteiger charge is -2.18. The smallest absolute Gasteiger partial charge is 0.229 e. The van der Waals surface area contributed by atoms with Gasteiger partial charge in [-0.05, 0) is 74.8 Å². The summed E-state index contributed by atoms with van der Waals surface area (Å²) in [6.45, 7) is 15.3. The molecule has 156 valence electrons. The second kappa shape index (κ2) is 9.02. The molecule has 0 aliphatic carbocycles. The van der Waals surface area contributed by atoms with Crippen LogP contribution in [0.25, 0.3) is 10.9 Å². The van der Waals surface area contributed by atoms with Crippen LogP contribution in [0.5, 0.6) is 11.6 Å². The molecule has 0 aliphatic heterocycles. The SMILES string of the molecule is CCCc1cc(C)c(Oc2nc(C)cc3c2c(CC)cn3C(CC)CC)c(C)c1. The molecule has 1 aromatic carbocycles. The Labute approximate surface area is 176 Å². The van der Waals surface area contributed by atoms with Crippen LogP contribution in [0.15, 0.2) is 24.4 Å². The minimum atomic E-state index is 0.504. The lowest BCUT2D eigenvalue weighted by Crippen LogP contribution is -2.05. The second-order valence-corrected chi connectivity index (χ2v) is 8.26. The number of pyridine rings is 1. The van der Waals surface area contributed by atoms with Gasteiger partial charge in [0, 0.05) is 17.9 Å². The maximum Gasteiger partial charge on any atom is 0.229 e. The number of hydrogen-bond donors (Lipinski definition) is 0. The van der Waals surface area contributed by atoms with Gasteiger partial charge in [0.15, 0.2) is 0 Å².